The Morgan fingerprint density at radius 3 is 2.40 bits per heavy atom. The van der Waals surface area contributed by atoms with E-state index in [2.05, 4.69) is 29.3 Å². The number of nitrogens with one attached hydrogen (secondary N) is 1. The van der Waals surface area contributed by atoms with Crippen LogP contribution in [0.4, 0.5) is 30.7 Å². The molecule has 0 saturated heterocycles. The van der Waals surface area contributed by atoms with E-state index in [0.29, 0.717) is 0 Å². The molecule has 10 nitrogen and oxygen atoms in total. The molecule has 0 spiro atoms. The maximum absolute atomic E-state index is 15.3. The quantitative estimate of drug-likeness (QED) is 0.282. The van der Waals surface area contributed by atoms with Gasteiger partial charge in [-0.25, -0.2) is 33.2 Å². The smallest absolute Gasteiger partial charge is 0.356 e. The Bertz CT molecular complexity index is 1700. The summed E-state index contributed by atoms with van der Waals surface area (Å²) in [5.41, 5.74) is -0.309. The number of aliphatic imine (C=N–C) groups is 1. The lowest BCUT2D eigenvalue weighted by molar-refractivity contribution is -0.204. The highest BCUT2D eigenvalue weighted by Gasteiger charge is 2.51. The Morgan fingerprint density at radius 1 is 1.14 bits per heavy atom. The summed E-state index contributed by atoms with van der Waals surface area (Å²) in [5, 5.41) is 4.12. The average molecular weight is 657 g/mol. The summed E-state index contributed by atoms with van der Waals surface area (Å²) in [6.07, 6.45) is -7.72. The summed E-state index contributed by atoms with van der Waals surface area (Å²) >= 11 is 5.79. The molecule has 3 heterocycles. The van der Waals surface area contributed by atoms with Gasteiger partial charge < -0.3 is 9.36 Å². The van der Waals surface area contributed by atoms with Crippen molar-refractivity contribution in [1.82, 2.24) is 20.6 Å². The van der Waals surface area contributed by atoms with Crippen LogP contribution in [0.1, 0.15) is 26.3 Å². The number of carbonyl (C=O) groups excluding carboxylic acids is 1. The number of amidine groups is 1. The number of hydrogen-bond donors (Lipinski definition) is 1. The summed E-state index contributed by atoms with van der Waals surface area (Å²) in [4.78, 5) is 27.6. The van der Waals surface area contributed by atoms with E-state index in [-0.39, 0.29) is 33.4 Å². The second kappa shape index (κ2) is 11.0. The fourth-order valence-electron chi connectivity index (χ4n) is 4.00. The summed E-state index contributed by atoms with van der Waals surface area (Å²) in [6, 6.07) is 4.84. The minimum Gasteiger partial charge on any atom is -0.356 e. The van der Waals surface area contributed by atoms with Crippen LogP contribution < -0.4 is 5.48 Å². The van der Waals surface area contributed by atoms with E-state index >= 15 is 4.39 Å². The van der Waals surface area contributed by atoms with E-state index in [4.69, 9.17) is 16.1 Å². The number of rotatable bonds is 4. The number of hydroxylamine groups is 1. The van der Waals surface area contributed by atoms with Crippen LogP contribution in [0.25, 0.3) is 22.8 Å². The number of hydrogen-bond acceptors (Lipinski definition) is 10. The van der Waals surface area contributed by atoms with Gasteiger partial charge >= 0.3 is 18.3 Å². The van der Waals surface area contributed by atoms with Gasteiger partial charge in [0, 0.05) is 29.6 Å². The van der Waals surface area contributed by atoms with E-state index in [1.165, 1.54) is 37.5 Å². The second-order valence-electron chi connectivity index (χ2n) is 9.92. The number of halogens is 8. The van der Waals surface area contributed by atoms with Gasteiger partial charge in [-0.3, -0.25) is 4.99 Å². The zero-order valence-corrected chi connectivity index (χ0v) is 23.8. The summed E-state index contributed by atoms with van der Waals surface area (Å²) in [6.45, 7) is 1.48. The highest BCUT2D eigenvalue weighted by Crippen LogP contribution is 2.41. The third-order valence-corrected chi connectivity index (χ3v) is 9.80. The molecule has 0 bridgehead atoms. The first-order valence-corrected chi connectivity index (χ1v) is 14.0. The molecule has 0 radical (unpaired) electrons. The van der Waals surface area contributed by atoms with Gasteiger partial charge in [0.2, 0.25) is 0 Å². The molecular formula is C24H20ClF7N6O4S. The lowest BCUT2D eigenvalue weighted by Crippen LogP contribution is -2.57. The van der Waals surface area contributed by atoms with Crippen LogP contribution in [0.5, 0.6) is 0 Å². The first-order valence-electron chi connectivity index (χ1n) is 11.9. The van der Waals surface area contributed by atoms with Gasteiger partial charge in [0.05, 0.1) is 20.5 Å². The average Bonchev–Trinajstić information content (AvgIpc) is 3.39. The third kappa shape index (κ3) is 6.74. The van der Waals surface area contributed by atoms with Crippen molar-refractivity contribution in [2.24, 2.45) is 9.36 Å². The van der Waals surface area contributed by atoms with Crippen molar-refractivity contribution in [3.05, 3.63) is 53.1 Å². The van der Waals surface area contributed by atoms with Gasteiger partial charge in [-0.05, 0) is 39.0 Å². The Labute approximate surface area is 243 Å². The maximum atomic E-state index is 15.3. The molecule has 3 aromatic rings. The van der Waals surface area contributed by atoms with Crippen molar-refractivity contribution >= 4 is 33.1 Å². The summed E-state index contributed by atoms with van der Waals surface area (Å²) in [5.74, 6) is -4.99. The van der Waals surface area contributed by atoms with Crippen molar-refractivity contribution in [2.75, 3.05) is 12.3 Å². The molecule has 1 aliphatic heterocycles. The predicted octanol–water partition coefficient (Wildman–Crippen LogP) is 5.64. The van der Waals surface area contributed by atoms with Crippen molar-refractivity contribution in [2.45, 2.75) is 43.4 Å². The fraction of sp³-hybridized carbons (Fsp3) is 0.375. The van der Waals surface area contributed by atoms with Crippen LogP contribution >= 0.6 is 11.6 Å². The normalized spacial score (nSPS) is 22.1. The zero-order chi connectivity index (χ0) is 32.0. The SMILES string of the molecule is CC1(C)C(NOC(=O)C(F)(F)F)=N[C@](C)(c2cc(-c3cc(-c4ncc(Cl)cn4)no3)ccc2F)C[S@]1(=O)=NCC(F)(F)F. The van der Waals surface area contributed by atoms with E-state index < -0.39 is 62.3 Å². The molecule has 1 aromatic carbocycles. The first kappa shape index (κ1) is 32.1. The Kier molecular flexibility index (Phi) is 8.25. The van der Waals surface area contributed by atoms with Crippen LogP contribution in [0.2, 0.25) is 5.02 Å². The number of carbonyl (C=O) groups is 1. The molecule has 0 unspecified atom stereocenters. The van der Waals surface area contributed by atoms with Crippen LogP contribution in [0, 0.1) is 5.82 Å². The summed E-state index contributed by atoms with van der Waals surface area (Å²) < 4.78 is 114. The van der Waals surface area contributed by atoms with Gasteiger partial charge in [0.25, 0.3) is 0 Å². The van der Waals surface area contributed by atoms with Gasteiger partial charge in [-0.2, -0.15) is 26.3 Å². The maximum Gasteiger partial charge on any atom is 0.493 e. The first-order chi connectivity index (χ1) is 19.7. The van der Waals surface area contributed by atoms with E-state index in [9.17, 15) is 35.3 Å². The van der Waals surface area contributed by atoms with Crippen molar-refractivity contribution < 1.29 is 49.1 Å². The Hall–Kier alpha value is -3.80. The number of benzene rings is 1. The molecule has 1 aliphatic rings. The van der Waals surface area contributed by atoms with Crippen LogP contribution in [-0.4, -0.2) is 60.5 Å². The van der Waals surface area contributed by atoms with E-state index in [1.807, 2.05) is 0 Å². The molecule has 19 heteroatoms. The minimum absolute atomic E-state index is 0.0680. The highest BCUT2D eigenvalue weighted by molar-refractivity contribution is 7.95. The number of nitrogens with zero attached hydrogens (tertiary/aromatic N) is 5. The van der Waals surface area contributed by atoms with Crippen LogP contribution in [-0.2, 0) is 24.9 Å². The zero-order valence-electron chi connectivity index (χ0n) is 22.2. The standard InChI is InChI=1S/C24H20ClF7N6O4S/c1-21(2)19(38-42-20(39)24(30,31)32)36-22(3,11-43(21,40)35-10-23(27,28)29)14-6-12(4-5-15(14)26)17-7-16(37-41-17)18-33-8-13(25)9-34-18/h4-9H,10-11H2,1-3H3,(H,36,38)/t22-,43+/m0/s1. The molecule has 0 amide bonds. The van der Waals surface area contributed by atoms with Gasteiger partial charge in [0.15, 0.2) is 23.1 Å². The molecule has 0 saturated carbocycles. The largest absolute Gasteiger partial charge is 0.493 e. The fourth-order valence-corrected chi connectivity index (χ4v) is 6.60. The third-order valence-electron chi connectivity index (χ3n) is 6.32. The summed E-state index contributed by atoms with van der Waals surface area (Å²) in [7, 11) is -4.11. The molecule has 4 rings (SSSR count). The van der Waals surface area contributed by atoms with Gasteiger partial charge in [0.1, 0.15) is 22.6 Å². The number of alkyl halides is 6. The van der Waals surface area contributed by atoms with E-state index in [0.717, 1.165) is 19.9 Å². The van der Waals surface area contributed by atoms with Crippen molar-refractivity contribution in [1.29, 1.82) is 0 Å². The second-order valence-corrected chi connectivity index (χ2v) is 13.2. The molecule has 0 fully saturated rings. The van der Waals surface area contributed by atoms with Gasteiger partial charge in [-0.1, -0.05) is 16.8 Å². The molecule has 2 atom stereocenters. The van der Waals surface area contributed by atoms with Crippen LogP contribution in [0.15, 0.2) is 50.5 Å². The highest BCUT2D eigenvalue weighted by atomic mass is 35.5. The molecule has 232 valence electrons. The molecule has 0 aliphatic carbocycles. The molecule has 2 aromatic heterocycles. The monoisotopic (exact) mass is 656 g/mol. The van der Waals surface area contributed by atoms with Crippen molar-refractivity contribution in [3.63, 3.8) is 0 Å². The molecular weight excluding hydrogens is 637 g/mol. The molecule has 43 heavy (non-hydrogen) atoms. The van der Waals surface area contributed by atoms with Gasteiger partial charge in [-0.15, -0.1) is 0 Å². The minimum atomic E-state index is -5.45. The number of aromatic nitrogens is 3. The molecule has 1 N–H and O–H groups in total. The Morgan fingerprint density at radius 2 is 1.79 bits per heavy atom. The lowest BCUT2D eigenvalue weighted by Gasteiger charge is -2.41. The predicted molar refractivity (Wildman–Crippen MR) is 138 cm³/mol. The lowest BCUT2D eigenvalue weighted by atomic mass is 9.91. The van der Waals surface area contributed by atoms with E-state index in [1.54, 1.807) is 5.48 Å². The van der Waals surface area contributed by atoms with Crippen LogP contribution in [0.3, 0.4) is 0 Å². The topological polar surface area (TPSA) is 132 Å². The Balaban J connectivity index is 1.82. The van der Waals surface area contributed by atoms with Crippen molar-refractivity contribution in [3.8, 4) is 22.8 Å².